The van der Waals surface area contributed by atoms with Gasteiger partial charge >= 0.3 is 0 Å². The molecule has 0 atom stereocenters. The lowest BCUT2D eigenvalue weighted by molar-refractivity contribution is 0.249. The van der Waals surface area contributed by atoms with Crippen LogP contribution in [-0.4, -0.2) is 29.0 Å². The Morgan fingerprint density at radius 1 is 1.33 bits per heavy atom. The average molecular weight is 242 g/mol. The lowest BCUT2D eigenvalue weighted by atomic mass is 10.1. The Kier molecular flexibility index (Phi) is 4.21. The third-order valence-electron chi connectivity index (χ3n) is 3.44. The highest BCUT2D eigenvalue weighted by Crippen LogP contribution is 2.18. The summed E-state index contributed by atoms with van der Waals surface area (Å²) in [5.41, 5.74) is 2.63. The number of nitrogens with one attached hydrogen (secondary N) is 1. The van der Waals surface area contributed by atoms with Gasteiger partial charge in [0.15, 0.2) is 0 Å². The van der Waals surface area contributed by atoms with E-state index in [1.54, 1.807) is 0 Å². The van der Waals surface area contributed by atoms with Crippen LogP contribution in [0.25, 0.3) is 10.9 Å². The van der Waals surface area contributed by atoms with Gasteiger partial charge in [-0.3, -0.25) is 4.90 Å². The quantitative estimate of drug-likeness (QED) is 0.767. The first-order valence-corrected chi connectivity index (χ1v) is 6.62. The smallest absolute Gasteiger partial charge is 0.0456 e. The maximum Gasteiger partial charge on any atom is 0.0456 e. The van der Waals surface area contributed by atoms with Crippen molar-refractivity contribution < 1.29 is 0 Å². The fourth-order valence-electron chi connectivity index (χ4n) is 2.33. The summed E-state index contributed by atoms with van der Waals surface area (Å²) in [5, 5.41) is 1.35. The first kappa shape index (κ1) is 12.9. The van der Waals surface area contributed by atoms with Gasteiger partial charge in [0.1, 0.15) is 0 Å². The number of fused-ring (bicyclic) bond motifs is 1. The molecule has 1 aromatic heterocycles. The Balaban J connectivity index is 2.07. The molecule has 0 saturated carbocycles. The number of aromatic nitrogens is 1. The van der Waals surface area contributed by atoms with Crippen molar-refractivity contribution >= 4 is 10.9 Å². The molecule has 0 aliphatic rings. The Hall–Kier alpha value is -1.54. The first-order valence-electron chi connectivity index (χ1n) is 6.62. The summed E-state index contributed by atoms with van der Waals surface area (Å²) < 4.78 is 0. The van der Waals surface area contributed by atoms with Crippen LogP contribution in [0.3, 0.4) is 0 Å². The largest absolute Gasteiger partial charge is 0.361 e. The van der Waals surface area contributed by atoms with E-state index in [4.69, 9.17) is 0 Å². The molecule has 0 unspecified atom stereocenters. The van der Waals surface area contributed by atoms with Gasteiger partial charge in [-0.1, -0.05) is 24.3 Å². The maximum absolute atomic E-state index is 3.83. The van der Waals surface area contributed by atoms with Gasteiger partial charge in [-0.15, -0.1) is 6.58 Å². The van der Waals surface area contributed by atoms with Crippen LogP contribution >= 0.6 is 0 Å². The van der Waals surface area contributed by atoms with Gasteiger partial charge in [-0.05, 0) is 31.9 Å². The fourth-order valence-corrected chi connectivity index (χ4v) is 2.33. The van der Waals surface area contributed by atoms with Gasteiger partial charge in [0.05, 0.1) is 0 Å². The normalized spacial score (nSPS) is 11.6. The minimum absolute atomic E-state index is 0.563. The van der Waals surface area contributed by atoms with Crippen molar-refractivity contribution in [2.45, 2.75) is 26.3 Å². The number of rotatable bonds is 6. The summed E-state index contributed by atoms with van der Waals surface area (Å²) in [6.45, 7) is 10.3. The van der Waals surface area contributed by atoms with Crippen LogP contribution in [0.2, 0.25) is 0 Å². The second kappa shape index (κ2) is 5.87. The molecule has 18 heavy (non-hydrogen) atoms. The van der Waals surface area contributed by atoms with Crippen molar-refractivity contribution in [2.24, 2.45) is 0 Å². The van der Waals surface area contributed by atoms with Crippen LogP contribution in [0, 0.1) is 0 Å². The van der Waals surface area contributed by atoms with Crippen molar-refractivity contribution in [2.75, 3.05) is 13.1 Å². The minimum atomic E-state index is 0.563. The molecule has 1 aromatic carbocycles. The van der Waals surface area contributed by atoms with Crippen molar-refractivity contribution in [1.29, 1.82) is 0 Å². The van der Waals surface area contributed by atoms with Gasteiger partial charge in [0.2, 0.25) is 0 Å². The van der Waals surface area contributed by atoms with Crippen LogP contribution in [0.5, 0.6) is 0 Å². The van der Waals surface area contributed by atoms with Gasteiger partial charge < -0.3 is 4.98 Å². The van der Waals surface area contributed by atoms with E-state index < -0.39 is 0 Å². The molecule has 0 bridgehead atoms. The lowest BCUT2D eigenvalue weighted by Gasteiger charge is -2.24. The van der Waals surface area contributed by atoms with Crippen LogP contribution in [0.1, 0.15) is 19.4 Å². The summed E-state index contributed by atoms with van der Waals surface area (Å²) in [6, 6.07) is 9.05. The summed E-state index contributed by atoms with van der Waals surface area (Å²) in [5.74, 6) is 0. The highest BCUT2D eigenvalue weighted by Gasteiger charge is 2.09. The Morgan fingerprint density at radius 3 is 2.83 bits per heavy atom. The molecule has 2 rings (SSSR count). The van der Waals surface area contributed by atoms with E-state index in [1.807, 2.05) is 6.08 Å². The molecule has 2 aromatic rings. The van der Waals surface area contributed by atoms with Gasteiger partial charge in [0.25, 0.3) is 0 Å². The second-order valence-electron chi connectivity index (χ2n) is 4.99. The molecule has 0 aliphatic carbocycles. The van der Waals surface area contributed by atoms with Crippen LogP contribution in [0.15, 0.2) is 43.1 Å². The van der Waals surface area contributed by atoms with E-state index in [2.05, 4.69) is 60.8 Å². The zero-order valence-corrected chi connectivity index (χ0v) is 11.3. The highest BCUT2D eigenvalue weighted by atomic mass is 15.1. The Bertz CT molecular complexity index is 511. The molecule has 2 heteroatoms. The number of para-hydroxylation sites is 1. The summed E-state index contributed by atoms with van der Waals surface area (Å²) >= 11 is 0. The Morgan fingerprint density at radius 2 is 2.11 bits per heavy atom. The number of hydrogen-bond donors (Lipinski definition) is 1. The Labute approximate surface area is 109 Å². The van der Waals surface area contributed by atoms with Crippen LogP contribution in [-0.2, 0) is 6.42 Å². The number of hydrogen-bond acceptors (Lipinski definition) is 1. The third-order valence-corrected chi connectivity index (χ3v) is 3.44. The minimum Gasteiger partial charge on any atom is -0.361 e. The maximum atomic E-state index is 3.83. The van der Waals surface area contributed by atoms with Crippen molar-refractivity contribution in [3.8, 4) is 0 Å². The molecule has 0 radical (unpaired) electrons. The van der Waals surface area contributed by atoms with Crippen molar-refractivity contribution in [1.82, 2.24) is 9.88 Å². The predicted octanol–water partition coefficient (Wildman–Crippen LogP) is 3.61. The topological polar surface area (TPSA) is 19.0 Å². The van der Waals surface area contributed by atoms with Crippen LogP contribution in [0.4, 0.5) is 0 Å². The molecule has 0 aliphatic heterocycles. The zero-order valence-electron chi connectivity index (χ0n) is 11.3. The van der Waals surface area contributed by atoms with E-state index in [-0.39, 0.29) is 0 Å². The van der Waals surface area contributed by atoms with Gasteiger partial charge in [-0.2, -0.15) is 0 Å². The standard InChI is InChI=1S/C16H22N2/c1-4-10-18(13(2)3)11-9-14-12-17-16-8-6-5-7-15(14)16/h4-8,12-13,17H,1,9-11H2,2-3H3. The zero-order chi connectivity index (χ0) is 13.0. The number of H-pyrrole nitrogens is 1. The molecule has 1 heterocycles. The molecule has 1 N–H and O–H groups in total. The molecule has 0 fully saturated rings. The average Bonchev–Trinajstić information content (AvgIpc) is 2.77. The number of benzene rings is 1. The summed E-state index contributed by atoms with van der Waals surface area (Å²) in [7, 11) is 0. The van der Waals surface area contributed by atoms with Crippen LogP contribution < -0.4 is 0 Å². The van der Waals surface area contributed by atoms with Gasteiger partial charge in [0, 0.05) is 36.2 Å². The highest BCUT2D eigenvalue weighted by molar-refractivity contribution is 5.83. The summed E-state index contributed by atoms with van der Waals surface area (Å²) in [4.78, 5) is 5.77. The number of nitrogens with zero attached hydrogens (tertiary/aromatic N) is 1. The first-order chi connectivity index (χ1) is 8.72. The van der Waals surface area contributed by atoms with Gasteiger partial charge in [-0.25, -0.2) is 0 Å². The molecule has 0 amide bonds. The molecular formula is C16H22N2. The summed E-state index contributed by atoms with van der Waals surface area (Å²) in [6.07, 6.45) is 5.20. The fraction of sp³-hybridized carbons (Fsp3) is 0.375. The van der Waals surface area contributed by atoms with E-state index in [0.29, 0.717) is 6.04 Å². The van der Waals surface area contributed by atoms with E-state index in [0.717, 1.165) is 19.5 Å². The van der Waals surface area contributed by atoms with E-state index in [9.17, 15) is 0 Å². The molecule has 2 nitrogen and oxygen atoms in total. The second-order valence-corrected chi connectivity index (χ2v) is 4.99. The van der Waals surface area contributed by atoms with E-state index in [1.165, 1.54) is 16.5 Å². The monoisotopic (exact) mass is 242 g/mol. The van der Waals surface area contributed by atoms with E-state index >= 15 is 0 Å². The predicted molar refractivity (Wildman–Crippen MR) is 78.9 cm³/mol. The number of aromatic amines is 1. The molecule has 0 saturated heterocycles. The third kappa shape index (κ3) is 2.82. The molecular weight excluding hydrogens is 220 g/mol. The lowest BCUT2D eigenvalue weighted by Crippen LogP contribution is -2.32. The van der Waals surface area contributed by atoms with Crippen molar-refractivity contribution in [3.63, 3.8) is 0 Å². The SMILES string of the molecule is C=CCN(CCc1c[nH]c2ccccc12)C(C)C. The molecule has 96 valence electrons. The molecule has 0 spiro atoms. The van der Waals surface area contributed by atoms with Crippen molar-refractivity contribution in [3.05, 3.63) is 48.7 Å².